The molecule has 0 bridgehead atoms. The maximum atomic E-state index is 5.39. The Hall–Kier alpha value is -7.16. The number of hydrogen-bond donors (Lipinski definition) is 0. The van der Waals surface area contributed by atoms with E-state index in [2.05, 4.69) is 208 Å². The molecular weight excluding hydrogens is 689 g/mol. The molecule has 1 aliphatic carbocycles. The van der Waals surface area contributed by atoms with Crippen LogP contribution in [0.3, 0.4) is 0 Å². The minimum atomic E-state index is -0.175. The van der Waals surface area contributed by atoms with Crippen molar-refractivity contribution >= 4 is 32.3 Å². The first-order chi connectivity index (χ1) is 28.0. The maximum Gasteiger partial charge on any atom is 0.161 e. The van der Waals surface area contributed by atoms with Crippen molar-refractivity contribution in [1.29, 1.82) is 0 Å². The summed E-state index contributed by atoms with van der Waals surface area (Å²) in [5, 5.41) is 7.27. The molecule has 0 atom stereocenters. The number of aromatic nitrogens is 2. The second-order valence-electron chi connectivity index (χ2n) is 15.7. The monoisotopic (exact) mass is 726 g/mol. The average Bonchev–Trinajstić information content (AvgIpc) is 3.52. The SMILES string of the molecule is CC1(C)c2ccc3ccccc3c2-c2cccc(-c3ccc(-c4nc(-c5ccc(-c6ccccc6)cc5)cc(-c5cccc6ccccc56)n4)c4ccccc34)c21. The van der Waals surface area contributed by atoms with E-state index in [4.69, 9.17) is 9.97 Å². The molecule has 0 radical (unpaired) electrons. The van der Waals surface area contributed by atoms with E-state index in [9.17, 15) is 0 Å². The molecule has 1 aliphatic rings. The van der Waals surface area contributed by atoms with Crippen LogP contribution in [0, 0.1) is 0 Å². The lowest BCUT2D eigenvalue weighted by Gasteiger charge is -2.25. The average molecular weight is 727 g/mol. The number of hydrogen-bond acceptors (Lipinski definition) is 2. The summed E-state index contributed by atoms with van der Waals surface area (Å²) in [6.07, 6.45) is 0. The van der Waals surface area contributed by atoms with Gasteiger partial charge < -0.3 is 0 Å². The van der Waals surface area contributed by atoms with Crippen molar-refractivity contribution in [2.75, 3.05) is 0 Å². The normalized spacial score (nSPS) is 12.9. The highest BCUT2D eigenvalue weighted by Gasteiger charge is 2.38. The molecule has 0 amide bonds. The van der Waals surface area contributed by atoms with Crippen molar-refractivity contribution in [2.45, 2.75) is 19.3 Å². The van der Waals surface area contributed by atoms with Gasteiger partial charge in [-0.1, -0.05) is 196 Å². The molecule has 11 rings (SSSR count). The second kappa shape index (κ2) is 13.0. The fourth-order valence-corrected chi connectivity index (χ4v) is 9.37. The van der Waals surface area contributed by atoms with Gasteiger partial charge in [0.15, 0.2) is 5.82 Å². The fourth-order valence-electron chi connectivity index (χ4n) is 9.37. The standard InChI is InChI=1S/C55H38N2/c1-55(2)49-33-30-38-17-7-9-20-41(38)52(49)48-25-13-24-46(53(48)55)44-31-32-47(43-22-11-10-21-42(43)44)54-56-50(39-28-26-36(27-29-39)35-14-4-3-5-15-35)34-51(57-54)45-23-12-18-37-16-6-8-19-40(37)45/h3-34H,1-2H3. The van der Waals surface area contributed by atoms with E-state index in [1.807, 2.05) is 0 Å². The summed E-state index contributed by atoms with van der Waals surface area (Å²) in [6, 6.07) is 70.0. The molecule has 10 aromatic rings. The largest absolute Gasteiger partial charge is 0.228 e. The van der Waals surface area contributed by atoms with Crippen molar-refractivity contribution in [1.82, 2.24) is 9.97 Å². The van der Waals surface area contributed by atoms with E-state index in [0.717, 1.165) is 33.5 Å². The third-order valence-corrected chi connectivity index (χ3v) is 12.1. The molecule has 1 aromatic heterocycles. The maximum absolute atomic E-state index is 5.39. The highest BCUT2D eigenvalue weighted by molar-refractivity contribution is 6.08. The number of rotatable bonds is 5. The van der Waals surface area contributed by atoms with Gasteiger partial charge in [0.2, 0.25) is 0 Å². The zero-order chi connectivity index (χ0) is 38.1. The Balaban J connectivity index is 1.11. The number of benzene rings is 9. The summed E-state index contributed by atoms with van der Waals surface area (Å²) in [5.74, 6) is 0.711. The van der Waals surface area contributed by atoms with Crippen LogP contribution in [-0.4, -0.2) is 9.97 Å². The van der Waals surface area contributed by atoms with Crippen LogP contribution in [0.5, 0.6) is 0 Å². The molecule has 2 heteroatoms. The lowest BCUT2D eigenvalue weighted by atomic mass is 9.78. The van der Waals surface area contributed by atoms with Gasteiger partial charge in [-0.25, -0.2) is 9.97 Å². The van der Waals surface area contributed by atoms with Crippen molar-refractivity contribution in [3.63, 3.8) is 0 Å². The number of nitrogens with zero attached hydrogens (tertiary/aromatic N) is 2. The van der Waals surface area contributed by atoms with Gasteiger partial charge in [-0.3, -0.25) is 0 Å². The van der Waals surface area contributed by atoms with Crippen LogP contribution in [-0.2, 0) is 5.41 Å². The van der Waals surface area contributed by atoms with Crippen LogP contribution in [0.1, 0.15) is 25.0 Å². The summed E-state index contributed by atoms with van der Waals surface area (Å²) in [7, 11) is 0. The first kappa shape index (κ1) is 33.2. The molecule has 2 nitrogen and oxygen atoms in total. The molecule has 9 aromatic carbocycles. The van der Waals surface area contributed by atoms with Crippen LogP contribution in [0.4, 0.5) is 0 Å². The van der Waals surface area contributed by atoms with Gasteiger partial charge >= 0.3 is 0 Å². The predicted molar refractivity (Wildman–Crippen MR) is 239 cm³/mol. The second-order valence-corrected chi connectivity index (χ2v) is 15.7. The van der Waals surface area contributed by atoms with Gasteiger partial charge in [0, 0.05) is 22.1 Å². The topological polar surface area (TPSA) is 25.8 Å². The molecule has 268 valence electrons. The molecule has 1 heterocycles. The molecule has 0 saturated carbocycles. The van der Waals surface area contributed by atoms with Crippen molar-refractivity contribution < 1.29 is 0 Å². The van der Waals surface area contributed by atoms with Gasteiger partial charge in [0.1, 0.15) is 0 Å². The molecule has 0 saturated heterocycles. The summed E-state index contributed by atoms with van der Waals surface area (Å²) < 4.78 is 0. The lowest BCUT2D eigenvalue weighted by molar-refractivity contribution is 0.662. The fraction of sp³-hybridized carbons (Fsp3) is 0.0545. The summed E-state index contributed by atoms with van der Waals surface area (Å²) in [6.45, 7) is 4.76. The highest BCUT2D eigenvalue weighted by atomic mass is 14.9. The van der Waals surface area contributed by atoms with Gasteiger partial charge in [0.25, 0.3) is 0 Å². The Morgan fingerprint density at radius 1 is 0.351 bits per heavy atom. The molecule has 0 N–H and O–H groups in total. The summed E-state index contributed by atoms with van der Waals surface area (Å²) in [4.78, 5) is 10.8. The molecule has 57 heavy (non-hydrogen) atoms. The van der Waals surface area contributed by atoms with Gasteiger partial charge in [-0.2, -0.15) is 0 Å². The summed E-state index contributed by atoms with van der Waals surface area (Å²) in [5.41, 5.74) is 15.1. The Morgan fingerprint density at radius 2 is 0.895 bits per heavy atom. The van der Waals surface area contributed by atoms with E-state index < -0.39 is 0 Å². The van der Waals surface area contributed by atoms with Crippen LogP contribution in [0.25, 0.3) is 99.6 Å². The van der Waals surface area contributed by atoms with Gasteiger partial charge in [0.05, 0.1) is 11.4 Å². The highest BCUT2D eigenvalue weighted by Crippen LogP contribution is 2.55. The van der Waals surface area contributed by atoms with E-state index in [-0.39, 0.29) is 5.41 Å². The Morgan fingerprint density at radius 3 is 1.68 bits per heavy atom. The van der Waals surface area contributed by atoms with Crippen LogP contribution in [0.15, 0.2) is 194 Å². The zero-order valence-electron chi connectivity index (χ0n) is 31.9. The minimum absolute atomic E-state index is 0.175. The van der Waals surface area contributed by atoms with Crippen molar-refractivity contribution in [3.8, 4) is 67.3 Å². The lowest BCUT2D eigenvalue weighted by Crippen LogP contribution is -2.16. The molecule has 0 unspecified atom stereocenters. The van der Waals surface area contributed by atoms with Crippen LogP contribution >= 0.6 is 0 Å². The Bertz CT molecular complexity index is 3190. The van der Waals surface area contributed by atoms with Gasteiger partial charge in [-0.15, -0.1) is 0 Å². The minimum Gasteiger partial charge on any atom is -0.228 e. The smallest absolute Gasteiger partial charge is 0.161 e. The molecule has 0 spiro atoms. The molecule has 0 aliphatic heterocycles. The van der Waals surface area contributed by atoms with Crippen molar-refractivity contribution in [3.05, 3.63) is 205 Å². The summed E-state index contributed by atoms with van der Waals surface area (Å²) >= 11 is 0. The zero-order valence-corrected chi connectivity index (χ0v) is 31.9. The van der Waals surface area contributed by atoms with Crippen molar-refractivity contribution in [2.24, 2.45) is 0 Å². The van der Waals surface area contributed by atoms with E-state index in [1.54, 1.807) is 0 Å². The van der Waals surface area contributed by atoms with E-state index >= 15 is 0 Å². The third kappa shape index (κ3) is 5.33. The van der Waals surface area contributed by atoms with Crippen LogP contribution in [0.2, 0.25) is 0 Å². The quantitative estimate of drug-likeness (QED) is 0.176. The van der Waals surface area contributed by atoms with E-state index in [0.29, 0.717) is 5.82 Å². The van der Waals surface area contributed by atoms with E-state index in [1.165, 1.54) is 71.4 Å². The third-order valence-electron chi connectivity index (χ3n) is 12.1. The van der Waals surface area contributed by atoms with Gasteiger partial charge in [-0.05, 0) is 89.0 Å². The van der Waals surface area contributed by atoms with Crippen LogP contribution < -0.4 is 0 Å². The first-order valence-corrected chi connectivity index (χ1v) is 19.7. The number of fused-ring (bicyclic) bond motifs is 7. The Labute approximate surface area is 332 Å². The predicted octanol–water partition coefficient (Wildman–Crippen LogP) is 14.6. The molecular formula is C55H38N2. The Kier molecular flexibility index (Phi) is 7.55. The molecule has 0 fully saturated rings. The first-order valence-electron chi connectivity index (χ1n) is 19.7.